The molecule has 0 radical (unpaired) electrons. The third-order valence-corrected chi connectivity index (χ3v) is 11.7. The maximum atomic E-state index is 12.7. The summed E-state index contributed by atoms with van der Waals surface area (Å²) in [7, 11) is 1.36. The van der Waals surface area contributed by atoms with Crippen LogP contribution in [-0.4, -0.2) is 30.8 Å². The monoisotopic (exact) mass is 494 g/mol. The molecule has 1 N–H and O–H groups in total. The Labute approximate surface area is 215 Å². The summed E-state index contributed by atoms with van der Waals surface area (Å²) >= 11 is 0. The summed E-state index contributed by atoms with van der Waals surface area (Å²) in [6.45, 7) is 14.3. The summed E-state index contributed by atoms with van der Waals surface area (Å²) in [5, 5.41) is 10.3. The van der Waals surface area contributed by atoms with Crippen molar-refractivity contribution >= 4 is 11.9 Å². The number of aliphatic hydroxyl groups excluding tert-OH is 1. The molecule has 6 atom stereocenters. The molecule has 0 saturated heterocycles. The molecule has 0 spiro atoms. The first-order valence-corrected chi connectivity index (χ1v) is 13.5. The van der Waals surface area contributed by atoms with Crippen molar-refractivity contribution in [2.75, 3.05) is 13.7 Å². The highest BCUT2D eigenvalue weighted by molar-refractivity contribution is 6.06. The van der Waals surface area contributed by atoms with Crippen LogP contribution in [0, 0.1) is 33.0 Å². The first kappa shape index (κ1) is 25.4. The van der Waals surface area contributed by atoms with E-state index in [0.29, 0.717) is 18.1 Å². The standard InChI is InChI=1S/C31H42O5/c1-19-20-8-9-23-29(4,21(20)16-22(32)25(19)33)13-15-31(6)24-17-27(2,18-36-26(34)35-7)10-11-28(24,3)12-14-30(23,31)5/h8-9,16,24,33H,10-15,17-18H2,1-7H3/t24-,27-,28+,29+,30+,31-/m1/s1. The van der Waals surface area contributed by atoms with Gasteiger partial charge < -0.3 is 14.6 Å². The summed E-state index contributed by atoms with van der Waals surface area (Å²) in [4.78, 5) is 24.4. The third kappa shape index (κ3) is 3.26. The van der Waals surface area contributed by atoms with E-state index in [1.54, 1.807) is 6.08 Å². The number of hydrogen-bond donors (Lipinski definition) is 1. The number of ether oxygens (including phenoxy) is 2. The van der Waals surface area contributed by atoms with Gasteiger partial charge in [0.2, 0.25) is 5.78 Å². The summed E-state index contributed by atoms with van der Waals surface area (Å²) in [5.74, 6) is 0.110. The molecule has 5 rings (SSSR count). The van der Waals surface area contributed by atoms with Gasteiger partial charge in [-0.25, -0.2) is 4.79 Å². The molecule has 0 aromatic rings. The number of carbonyl (C=O) groups excluding carboxylic acids is 2. The third-order valence-electron chi connectivity index (χ3n) is 11.7. The van der Waals surface area contributed by atoms with Gasteiger partial charge in [-0.2, -0.15) is 0 Å². The predicted octanol–water partition coefficient (Wildman–Crippen LogP) is 7.40. The maximum absolute atomic E-state index is 12.7. The molecule has 0 unspecified atom stereocenters. The SMILES string of the molecule is COC(=O)OC[C@]1(C)CC[C@@]2(C)CC[C@@]3(C)C4=CC=C5C(=CC(=O)C(O)=C5C)[C@]4(C)CC[C@]3(C)[C@@H]2C1. The van der Waals surface area contributed by atoms with Crippen LogP contribution in [0.5, 0.6) is 0 Å². The highest BCUT2D eigenvalue weighted by Gasteiger charge is 2.66. The Hall–Kier alpha value is -2.30. The van der Waals surface area contributed by atoms with Gasteiger partial charge in [0.25, 0.3) is 0 Å². The molecule has 0 aromatic carbocycles. The first-order valence-electron chi connectivity index (χ1n) is 13.5. The lowest BCUT2D eigenvalue weighted by molar-refractivity contribution is -0.166. The number of allylic oxidation sites excluding steroid dienone is 7. The minimum atomic E-state index is -0.599. The van der Waals surface area contributed by atoms with E-state index in [4.69, 9.17) is 9.47 Å². The smallest absolute Gasteiger partial charge is 0.504 e. The number of carbonyl (C=O) groups is 2. The normalized spacial score (nSPS) is 43.7. The number of methoxy groups -OCH3 is 1. The van der Waals surface area contributed by atoms with Gasteiger partial charge in [-0.1, -0.05) is 52.3 Å². The van der Waals surface area contributed by atoms with E-state index in [9.17, 15) is 14.7 Å². The van der Waals surface area contributed by atoms with Crippen molar-refractivity contribution in [1.82, 2.24) is 0 Å². The number of fused-ring (bicyclic) bond motifs is 7. The second kappa shape index (κ2) is 7.85. The molecular weight excluding hydrogens is 452 g/mol. The Kier molecular flexibility index (Phi) is 5.53. The molecule has 0 heterocycles. The van der Waals surface area contributed by atoms with Gasteiger partial charge in [0.05, 0.1) is 7.11 Å². The summed E-state index contributed by atoms with van der Waals surface area (Å²) in [6.07, 6.45) is 13.2. The minimum absolute atomic E-state index is 0.00530. The van der Waals surface area contributed by atoms with Crippen LogP contribution in [0.3, 0.4) is 0 Å². The molecule has 5 aliphatic rings. The van der Waals surface area contributed by atoms with E-state index < -0.39 is 6.16 Å². The van der Waals surface area contributed by atoms with Gasteiger partial charge in [0, 0.05) is 16.4 Å². The van der Waals surface area contributed by atoms with Crippen molar-refractivity contribution in [2.45, 2.75) is 86.5 Å². The van der Waals surface area contributed by atoms with Crippen molar-refractivity contribution in [3.8, 4) is 0 Å². The van der Waals surface area contributed by atoms with Crippen LogP contribution >= 0.6 is 0 Å². The molecule has 5 heteroatoms. The highest BCUT2D eigenvalue weighted by atomic mass is 16.7. The zero-order valence-electron chi connectivity index (χ0n) is 23.0. The Balaban J connectivity index is 1.55. The molecule has 5 nitrogen and oxygen atoms in total. The molecular formula is C31H42O5. The van der Waals surface area contributed by atoms with Crippen LogP contribution in [0.15, 0.2) is 46.3 Å². The van der Waals surface area contributed by atoms with Crippen LogP contribution in [0.25, 0.3) is 0 Å². The number of rotatable bonds is 2. The van der Waals surface area contributed by atoms with Crippen molar-refractivity contribution in [3.05, 3.63) is 46.3 Å². The molecule has 196 valence electrons. The Bertz CT molecular complexity index is 1160. The average Bonchev–Trinajstić information content (AvgIpc) is 2.84. The van der Waals surface area contributed by atoms with Crippen molar-refractivity contribution in [3.63, 3.8) is 0 Å². The van der Waals surface area contributed by atoms with E-state index in [1.807, 2.05) is 6.92 Å². The Morgan fingerprint density at radius 2 is 1.72 bits per heavy atom. The van der Waals surface area contributed by atoms with E-state index in [1.165, 1.54) is 19.1 Å². The zero-order valence-corrected chi connectivity index (χ0v) is 23.0. The van der Waals surface area contributed by atoms with Crippen LogP contribution in [0.4, 0.5) is 4.79 Å². The summed E-state index contributed by atoms with van der Waals surface area (Å²) < 4.78 is 10.2. The summed E-state index contributed by atoms with van der Waals surface area (Å²) in [5.41, 5.74) is 4.31. The van der Waals surface area contributed by atoms with Crippen LogP contribution in [0.1, 0.15) is 86.5 Å². The number of aliphatic hydroxyl groups is 1. The fraction of sp³-hybridized carbons (Fsp3) is 0.677. The molecule has 0 amide bonds. The fourth-order valence-corrected chi connectivity index (χ4v) is 8.95. The quantitative estimate of drug-likeness (QED) is 0.405. The van der Waals surface area contributed by atoms with Gasteiger partial charge >= 0.3 is 6.16 Å². The van der Waals surface area contributed by atoms with Gasteiger partial charge in [0.15, 0.2) is 5.76 Å². The molecule has 0 aromatic heterocycles. The maximum Gasteiger partial charge on any atom is 0.507 e. The second-order valence-electron chi connectivity index (χ2n) is 13.6. The van der Waals surface area contributed by atoms with Crippen molar-refractivity contribution < 1.29 is 24.2 Å². The number of ketones is 1. The van der Waals surface area contributed by atoms with Gasteiger partial charge in [0.1, 0.15) is 6.61 Å². The highest BCUT2D eigenvalue weighted by Crippen LogP contribution is 2.75. The van der Waals surface area contributed by atoms with Gasteiger partial charge in [-0.15, -0.1) is 0 Å². The first-order chi connectivity index (χ1) is 16.7. The van der Waals surface area contributed by atoms with Crippen LogP contribution < -0.4 is 0 Å². The van der Waals surface area contributed by atoms with Crippen molar-refractivity contribution in [1.29, 1.82) is 0 Å². The Morgan fingerprint density at radius 3 is 2.42 bits per heavy atom. The average molecular weight is 495 g/mol. The lowest BCUT2D eigenvalue weighted by Gasteiger charge is -2.70. The van der Waals surface area contributed by atoms with E-state index >= 15 is 0 Å². The van der Waals surface area contributed by atoms with E-state index in [2.05, 4.69) is 46.8 Å². The van der Waals surface area contributed by atoms with Crippen LogP contribution in [-0.2, 0) is 14.3 Å². The van der Waals surface area contributed by atoms with Crippen molar-refractivity contribution in [2.24, 2.45) is 33.0 Å². The molecule has 3 saturated carbocycles. The summed E-state index contributed by atoms with van der Waals surface area (Å²) in [6, 6.07) is 0. The zero-order chi connectivity index (χ0) is 26.3. The van der Waals surface area contributed by atoms with Gasteiger partial charge in [-0.3, -0.25) is 4.79 Å². The van der Waals surface area contributed by atoms with Crippen LogP contribution in [0.2, 0.25) is 0 Å². The Morgan fingerprint density at radius 1 is 1.03 bits per heavy atom. The topological polar surface area (TPSA) is 72.8 Å². The van der Waals surface area contributed by atoms with Gasteiger partial charge in [-0.05, 0) is 91.3 Å². The largest absolute Gasteiger partial charge is 0.507 e. The molecule has 36 heavy (non-hydrogen) atoms. The molecule has 0 bridgehead atoms. The van der Waals surface area contributed by atoms with E-state index in [0.717, 1.165) is 49.7 Å². The van der Waals surface area contributed by atoms with E-state index in [-0.39, 0.29) is 38.6 Å². The molecule has 5 aliphatic carbocycles. The predicted molar refractivity (Wildman–Crippen MR) is 139 cm³/mol. The molecule has 3 fully saturated rings. The molecule has 0 aliphatic heterocycles. The lowest BCUT2D eigenvalue weighted by atomic mass is 9.34. The fourth-order valence-electron chi connectivity index (χ4n) is 8.95. The second-order valence-corrected chi connectivity index (χ2v) is 13.6. The minimum Gasteiger partial charge on any atom is -0.504 e. The number of hydrogen-bond acceptors (Lipinski definition) is 5. The lowest BCUT2D eigenvalue weighted by Crippen LogP contribution is -2.62.